The molecule has 0 atom stereocenters. The first kappa shape index (κ1) is 16.3. The van der Waals surface area contributed by atoms with Gasteiger partial charge in [-0.15, -0.1) is 11.3 Å². The zero-order chi connectivity index (χ0) is 17.9. The molecule has 0 bridgehead atoms. The van der Waals surface area contributed by atoms with E-state index >= 15 is 0 Å². The lowest BCUT2D eigenvalue weighted by Gasteiger charge is -2.03. The molecule has 4 aromatic rings. The van der Waals surface area contributed by atoms with Gasteiger partial charge in [0.1, 0.15) is 17.2 Å². The van der Waals surface area contributed by atoms with E-state index in [9.17, 15) is 4.79 Å². The van der Waals surface area contributed by atoms with Gasteiger partial charge in [0.25, 0.3) is 0 Å². The molecular weight excluding hydrogens is 352 g/mol. The van der Waals surface area contributed by atoms with Gasteiger partial charge < -0.3 is 13.7 Å². The normalized spacial score (nSPS) is 10.8. The van der Waals surface area contributed by atoms with Crippen molar-refractivity contribution in [3.05, 3.63) is 70.4 Å². The Morgan fingerprint density at radius 2 is 2.00 bits per heavy atom. The lowest BCUT2D eigenvalue weighted by Crippen LogP contribution is -2.05. The van der Waals surface area contributed by atoms with E-state index in [1.165, 1.54) is 11.3 Å². The van der Waals surface area contributed by atoms with E-state index in [-0.39, 0.29) is 6.61 Å². The number of carbonyl (C=O) groups is 1. The van der Waals surface area contributed by atoms with Crippen LogP contribution in [0.2, 0.25) is 0 Å². The number of nitrogens with zero attached hydrogens (tertiary/aromatic N) is 2. The van der Waals surface area contributed by atoms with Crippen LogP contribution in [0.15, 0.2) is 63.7 Å². The van der Waals surface area contributed by atoms with Crippen molar-refractivity contribution in [3.8, 4) is 22.8 Å². The molecular formula is C19H14N2O4S. The van der Waals surface area contributed by atoms with E-state index in [0.717, 1.165) is 10.6 Å². The summed E-state index contributed by atoms with van der Waals surface area (Å²) in [4.78, 5) is 17.5. The average Bonchev–Trinajstić information content (AvgIpc) is 3.40. The van der Waals surface area contributed by atoms with Gasteiger partial charge in [-0.3, -0.25) is 0 Å². The summed E-state index contributed by atoms with van der Waals surface area (Å²) in [7, 11) is 0. The number of rotatable bonds is 5. The summed E-state index contributed by atoms with van der Waals surface area (Å²) in [6, 6.07) is 14.8. The lowest BCUT2D eigenvalue weighted by atomic mass is 10.1. The second kappa shape index (κ2) is 6.97. The first-order valence-corrected chi connectivity index (χ1v) is 8.72. The summed E-state index contributed by atoms with van der Waals surface area (Å²) < 4.78 is 15.8. The number of aryl methyl sites for hydroxylation is 1. The van der Waals surface area contributed by atoms with Crippen LogP contribution >= 0.6 is 11.3 Å². The summed E-state index contributed by atoms with van der Waals surface area (Å²) in [5, 5.41) is 4.70. The number of furan rings is 1. The quantitative estimate of drug-likeness (QED) is 0.475. The Bertz CT molecular complexity index is 1020. The first-order chi connectivity index (χ1) is 12.7. The minimum Gasteiger partial charge on any atom is -0.461 e. The predicted octanol–water partition coefficient (Wildman–Crippen LogP) is 4.72. The first-order valence-electron chi connectivity index (χ1n) is 7.90. The van der Waals surface area contributed by atoms with Gasteiger partial charge in [0.15, 0.2) is 5.76 Å². The highest BCUT2D eigenvalue weighted by Crippen LogP contribution is 2.29. The van der Waals surface area contributed by atoms with Crippen molar-refractivity contribution < 1.29 is 18.5 Å². The van der Waals surface area contributed by atoms with Gasteiger partial charge in [0, 0.05) is 11.6 Å². The molecule has 0 N–H and O–H groups in total. The van der Waals surface area contributed by atoms with Gasteiger partial charge in [0.05, 0.1) is 17.0 Å². The Balaban J connectivity index is 1.49. The molecule has 0 unspecified atom stereocenters. The molecule has 4 rings (SSSR count). The number of ether oxygens (including phenoxy) is 1. The number of benzene rings is 1. The second-order valence-electron chi connectivity index (χ2n) is 5.51. The van der Waals surface area contributed by atoms with Gasteiger partial charge >= 0.3 is 5.97 Å². The van der Waals surface area contributed by atoms with E-state index in [0.29, 0.717) is 27.8 Å². The molecule has 0 radical (unpaired) electrons. The van der Waals surface area contributed by atoms with Crippen LogP contribution in [0.5, 0.6) is 0 Å². The van der Waals surface area contributed by atoms with Crippen molar-refractivity contribution in [2.24, 2.45) is 0 Å². The fraction of sp³-hybridized carbons (Fsp3) is 0.105. The van der Waals surface area contributed by atoms with Gasteiger partial charge in [0.2, 0.25) is 5.76 Å². The molecule has 0 spiro atoms. The van der Waals surface area contributed by atoms with Crippen molar-refractivity contribution in [2.75, 3.05) is 0 Å². The third-order valence-corrected chi connectivity index (χ3v) is 4.59. The monoisotopic (exact) mass is 366 g/mol. The van der Waals surface area contributed by atoms with E-state index in [1.54, 1.807) is 24.5 Å². The SMILES string of the molecule is Cc1nc(-c2ccccc2)c(C(=O)OCc2cc(-c3ccco3)on2)s1. The Morgan fingerprint density at radius 3 is 2.77 bits per heavy atom. The van der Waals surface area contributed by atoms with Crippen molar-refractivity contribution in [1.29, 1.82) is 0 Å². The van der Waals surface area contributed by atoms with E-state index in [4.69, 9.17) is 13.7 Å². The molecule has 0 aliphatic rings. The molecule has 0 amide bonds. The Hall–Kier alpha value is -3.19. The second-order valence-corrected chi connectivity index (χ2v) is 6.72. The maximum Gasteiger partial charge on any atom is 0.351 e. The molecule has 3 aromatic heterocycles. The maximum absolute atomic E-state index is 12.5. The number of carbonyl (C=O) groups excluding carboxylic acids is 1. The number of hydrogen-bond donors (Lipinski definition) is 0. The van der Waals surface area contributed by atoms with Crippen LogP contribution in [0, 0.1) is 6.92 Å². The summed E-state index contributed by atoms with van der Waals surface area (Å²) in [5.74, 6) is 0.621. The topological polar surface area (TPSA) is 78.4 Å². The minimum atomic E-state index is -0.433. The van der Waals surface area contributed by atoms with Crippen LogP contribution in [0.25, 0.3) is 22.8 Å². The molecule has 1 aromatic carbocycles. The number of hydrogen-bond acceptors (Lipinski definition) is 7. The van der Waals surface area contributed by atoms with Crippen molar-refractivity contribution >= 4 is 17.3 Å². The molecule has 0 fully saturated rings. The Kier molecular flexibility index (Phi) is 4.37. The molecule has 7 heteroatoms. The van der Waals surface area contributed by atoms with Crippen LogP contribution in [0.3, 0.4) is 0 Å². The largest absolute Gasteiger partial charge is 0.461 e. The van der Waals surface area contributed by atoms with Gasteiger partial charge in [-0.2, -0.15) is 0 Å². The number of thiazole rings is 1. The standard InChI is InChI=1S/C19H14N2O4S/c1-12-20-17(13-6-3-2-4-7-13)18(26-12)19(22)24-11-14-10-16(25-21-14)15-8-5-9-23-15/h2-10H,11H2,1H3. The van der Waals surface area contributed by atoms with Crippen LogP contribution < -0.4 is 0 Å². The van der Waals surface area contributed by atoms with Gasteiger partial charge in [-0.05, 0) is 19.1 Å². The highest BCUT2D eigenvalue weighted by molar-refractivity contribution is 7.14. The lowest BCUT2D eigenvalue weighted by molar-refractivity contribution is 0.0470. The molecule has 130 valence electrons. The van der Waals surface area contributed by atoms with Crippen LogP contribution in [0.1, 0.15) is 20.4 Å². The third kappa shape index (κ3) is 3.29. The molecule has 0 saturated carbocycles. The van der Waals surface area contributed by atoms with Crippen molar-refractivity contribution in [3.63, 3.8) is 0 Å². The van der Waals surface area contributed by atoms with E-state index in [2.05, 4.69) is 10.1 Å². The molecule has 6 nitrogen and oxygen atoms in total. The fourth-order valence-electron chi connectivity index (χ4n) is 2.48. The van der Waals surface area contributed by atoms with Crippen molar-refractivity contribution in [2.45, 2.75) is 13.5 Å². The van der Waals surface area contributed by atoms with Crippen molar-refractivity contribution in [1.82, 2.24) is 10.1 Å². The highest BCUT2D eigenvalue weighted by Gasteiger charge is 2.20. The molecule has 0 saturated heterocycles. The smallest absolute Gasteiger partial charge is 0.351 e. The van der Waals surface area contributed by atoms with E-state index in [1.807, 2.05) is 37.3 Å². The summed E-state index contributed by atoms with van der Waals surface area (Å²) in [6.45, 7) is 1.87. The Morgan fingerprint density at radius 1 is 1.15 bits per heavy atom. The maximum atomic E-state index is 12.5. The highest BCUT2D eigenvalue weighted by atomic mass is 32.1. The molecule has 0 aliphatic heterocycles. The van der Waals surface area contributed by atoms with E-state index < -0.39 is 5.97 Å². The molecule has 3 heterocycles. The average molecular weight is 366 g/mol. The van der Waals surface area contributed by atoms with Crippen LogP contribution in [-0.4, -0.2) is 16.1 Å². The summed E-state index contributed by atoms with van der Waals surface area (Å²) in [6.07, 6.45) is 1.55. The Labute approximate surface area is 153 Å². The van der Waals surface area contributed by atoms with Gasteiger partial charge in [-0.25, -0.2) is 9.78 Å². The third-order valence-electron chi connectivity index (χ3n) is 3.64. The predicted molar refractivity (Wildman–Crippen MR) is 95.6 cm³/mol. The van der Waals surface area contributed by atoms with Crippen LogP contribution in [-0.2, 0) is 11.3 Å². The minimum absolute atomic E-state index is 0.00815. The number of aromatic nitrogens is 2. The zero-order valence-corrected chi connectivity index (χ0v) is 14.7. The molecule has 0 aliphatic carbocycles. The summed E-state index contributed by atoms with van der Waals surface area (Å²) in [5.41, 5.74) is 2.02. The number of esters is 1. The fourth-order valence-corrected chi connectivity index (χ4v) is 3.31. The summed E-state index contributed by atoms with van der Waals surface area (Å²) >= 11 is 1.31. The van der Waals surface area contributed by atoms with Gasteiger partial charge in [-0.1, -0.05) is 35.5 Å². The van der Waals surface area contributed by atoms with Crippen LogP contribution in [0.4, 0.5) is 0 Å². The zero-order valence-electron chi connectivity index (χ0n) is 13.8. The molecule has 26 heavy (non-hydrogen) atoms.